The lowest BCUT2D eigenvalue weighted by atomic mass is 10.2. The first kappa shape index (κ1) is 16.3. The van der Waals surface area contributed by atoms with Gasteiger partial charge in [0.15, 0.2) is 5.83 Å². The Bertz CT molecular complexity index is 1020. The number of rotatable bonds is 3. The molecule has 0 aliphatic carbocycles. The highest BCUT2D eigenvalue weighted by Crippen LogP contribution is 2.33. The van der Waals surface area contributed by atoms with E-state index in [0.29, 0.717) is 0 Å². The zero-order valence-corrected chi connectivity index (χ0v) is 14.8. The van der Waals surface area contributed by atoms with E-state index in [9.17, 15) is 4.39 Å². The summed E-state index contributed by atoms with van der Waals surface area (Å²) in [6.45, 7) is 3.94. The van der Waals surface area contributed by atoms with Crippen LogP contribution in [0.1, 0.15) is 17.7 Å². The highest BCUT2D eigenvalue weighted by Gasteiger charge is 2.25. The van der Waals surface area contributed by atoms with Gasteiger partial charge in [-0.05, 0) is 38.1 Å². The Labute approximate surface area is 151 Å². The second kappa shape index (κ2) is 6.29. The van der Waals surface area contributed by atoms with E-state index in [1.54, 1.807) is 7.11 Å². The molecule has 0 N–H and O–H groups in total. The Kier molecular flexibility index (Phi) is 3.95. The van der Waals surface area contributed by atoms with Crippen LogP contribution in [-0.4, -0.2) is 22.9 Å². The van der Waals surface area contributed by atoms with Crippen LogP contribution in [0.15, 0.2) is 59.5 Å². The van der Waals surface area contributed by atoms with Gasteiger partial charge in [-0.15, -0.1) is 0 Å². The molecule has 132 valence electrons. The second-order valence-corrected chi connectivity index (χ2v) is 6.27. The Morgan fingerprint density at radius 1 is 1.08 bits per heavy atom. The zero-order chi connectivity index (χ0) is 18.3. The van der Waals surface area contributed by atoms with Crippen LogP contribution in [-0.2, 0) is 0 Å². The molecular weight excluding hydrogens is 331 g/mol. The molecule has 2 aromatic carbocycles. The third-order valence-electron chi connectivity index (χ3n) is 4.48. The van der Waals surface area contributed by atoms with E-state index < -0.39 is 6.29 Å². The summed E-state index contributed by atoms with van der Waals surface area (Å²) >= 11 is 0. The lowest BCUT2D eigenvalue weighted by Crippen LogP contribution is -2.30. The highest BCUT2D eigenvalue weighted by atomic mass is 19.1. The topological polar surface area (TPSA) is 42.6 Å². The number of nitrogens with zero attached hydrogens (tertiary/aromatic N) is 4. The van der Waals surface area contributed by atoms with Crippen molar-refractivity contribution in [3.63, 3.8) is 0 Å². The zero-order valence-electron chi connectivity index (χ0n) is 14.8. The van der Waals surface area contributed by atoms with Crippen LogP contribution in [0.25, 0.3) is 11.0 Å². The molecule has 4 rings (SSSR count). The predicted molar refractivity (Wildman–Crippen MR) is 101 cm³/mol. The maximum Gasteiger partial charge on any atom is 0.208 e. The van der Waals surface area contributed by atoms with Gasteiger partial charge in [-0.2, -0.15) is 0 Å². The van der Waals surface area contributed by atoms with E-state index in [4.69, 9.17) is 4.74 Å². The Morgan fingerprint density at radius 2 is 1.85 bits per heavy atom. The van der Waals surface area contributed by atoms with Gasteiger partial charge >= 0.3 is 0 Å². The molecule has 0 bridgehead atoms. The third-order valence-corrected chi connectivity index (χ3v) is 4.48. The van der Waals surface area contributed by atoms with E-state index in [0.717, 1.165) is 33.9 Å². The molecule has 0 saturated carbocycles. The summed E-state index contributed by atoms with van der Waals surface area (Å²) in [4.78, 5) is 10.9. The Balaban J connectivity index is 1.87. The van der Waals surface area contributed by atoms with Crippen LogP contribution in [0.5, 0.6) is 5.75 Å². The molecule has 6 heteroatoms. The maximum absolute atomic E-state index is 14.0. The van der Waals surface area contributed by atoms with E-state index in [-0.39, 0.29) is 5.83 Å². The summed E-state index contributed by atoms with van der Waals surface area (Å²) in [5.41, 5.74) is 3.73. The largest absolute Gasteiger partial charge is 0.497 e. The first-order valence-corrected chi connectivity index (χ1v) is 8.35. The summed E-state index contributed by atoms with van der Waals surface area (Å²) in [6, 6.07) is 13.6. The monoisotopic (exact) mass is 350 g/mol. The second-order valence-electron chi connectivity index (χ2n) is 6.27. The number of allylic oxidation sites excluding steroid dienone is 1. The number of hydrogen-bond donors (Lipinski definition) is 0. The molecular formula is C20H19FN4O. The van der Waals surface area contributed by atoms with Crippen molar-refractivity contribution in [2.24, 2.45) is 4.99 Å². The molecule has 5 nitrogen and oxygen atoms in total. The van der Waals surface area contributed by atoms with Crippen molar-refractivity contribution in [2.45, 2.75) is 20.1 Å². The molecule has 26 heavy (non-hydrogen) atoms. The third kappa shape index (κ3) is 2.73. The summed E-state index contributed by atoms with van der Waals surface area (Å²) in [5.74, 6) is 1.15. The number of methoxy groups -OCH3 is 1. The summed E-state index contributed by atoms with van der Waals surface area (Å²) < 4.78 is 21.3. The fourth-order valence-electron chi connectivity index (χ4n) is 3.17. The van der Waals surface area contributed by atoms with Crippen molar-refractivity contribution < 1.29 is 9.13 Å². The van der Waals surface area contributed by atoms with Crippen LogP contribution in [0.2, 0.25) is 0 Å². The lowest BCUT2D eigenvalue weighted by molar-refractivity contribution is 0.415. The van der Waals surface area contributed by atoms with Crippen molar-refractivity contribution in [1.29, 1.82) is 0 Å². The highest BCUT2D eigenvalue weighted by molar-refractivity contribution is 5.81. The Hall–Kier alpha value is -3.15. The number of aryl methyl sites for hydroxylation is 2. The molecule has 3 aromatic rings. The number of benzene rings is 2. The molecule has 0 amide bonds. The van der Waals surface area contributed by atoms with Gasteiger partial charge in [0.05, 0.1) is 24.4 Å². The van der Waals surface area contributed by atoms with Crippen molar-refractivity contribution in [3.8, 4) is 5.75 Å². The van der Waals surface area contributed by atoms with Crippen LogP contribution < -0.4 is 9.64 Å². The van der Waals surface area contributed by atoms with Gasteiger partial charge in [0.25, 0.3) is 0 Å². The quantitative estimate of drug-likeness (QED) is 0.697. The molecule has 0 saturated heterocycles. The number of anilines is 1. The smallest absolute Gasteiger partial charge is 0.208 e. The van der Waals surface area contributed by atoms with Crippen molar-refractivity contribution >= 4 is 22.9 Å². The van der Waals surface area contributed by atoms with E-state index in [1.165, 1.54) is 12.4 Å². The summed E-state index contributed by atoms with van der Waals surface area (Å²) in [5, 5.41) is 0. The minimum Gasteiger partial charge on any atom is -0.497 e. The normalized spacial score (nSPS) is 16.8. The molecule has 1 aliphatic rings. The number of aromatic nitrogens is 2. The van der Waals surface area contributed by atoms with Gasteiger partial charge in [0, 0.05) is 18.0 Å². The fourth-order valence-corrected chi connectivity index (χ4v) is 3.17. The van der Waals surface area contributed by atoms with Gasteiger partial charge in [-0.1, -0.05) is 17.7 Å². The van der Waals surface area contributed by atoms with Crippen LogP contribution >= 0.6 is 0 Å². The molecule has 1 atom stereocenters. The minimum atomic E-state index is -0.464. The Morgan fingerprint density at radius 3 is 2.58 bits per heavy atom. The molecule has 0 fully saturated rings. The van der Waals surface area contributed by atoms with E-state index >= 15 is 0 Å². The van der Waals surface area contributed by atoms with Gasteiger partial charge in [0.1, 0.15) is 11.6 Å². The molecule has 2 heterocycles. The number of imidazole rings is 1. The van der Waals surface area contributed by atoms with Gasteiger partial charge in [-0.25, -0.2) is 14.4 Å². The van der Waals surface area contributed by atoms with Crippen molar-refractivity contribution in [1.82, 2.24) is 9.55 Å². The van der Waals surface area contributed by atoms with Gasteiger partial charge in [0.2, 0.25) is 6.29 Å². The SMILES string of the molecule is COc1ccc2nc(C)n(C3N=CC(F)=CN3c3ccc(C)cc3)c2c1. The van der Waals surface area contributed by atoms with Crippen molar-refractivity contribution in [2.75, 3.05) is 12.0 Å². The predicted octanol–water partition coefficient (Wildman–Crippen LogP) is 4.52. The average Bonchev–Trinajstić information content (AvgIpc) is 2.97. The lowest BCUT2D eigenvalue weighted by Gasteiger charge is -2.31. The molecule has 1 unspecified atom stereocenters. The van der Waals surface area contributed by atoms with E-state index in [1.807, 2.05) is 65.8 Å². The fraction of sp³-hybridized carbons (Fsp3) is 0.200. The number of aliphatic imine (C=N–C) groups is 1. The number of halogens is 1. The molecule has 0 spiro atoms. The van der Waals surface area contributed by atoms with Crippen molar-refractivity contribution in [3.05, 3.63) is 65.9 Å². The molecule has 1 aromatic heterocycles. The standard InChI is InChI=1S/C20H19FN4O/c1-13-4-6-16(7-5-13)24-12-15(21)11-22-20(24)25-14(2)23-18-9-8-17(26-3)10-19(18)25/h4-12,20H,1-3H3. The molecule has 1 aliphatic heterocycles. The minimum absolute atomic E-state index is 0.388. The maximum atomic E-state index is 14.0. The first-order valence-electron chi connectivity index (χ1n) is 8.35. The number of ether oxygens (including phenoxy) is 1. The van der Waals surface area contributed by atoms with Crippen LogP contribution in [0.4, 0.5) is 10.1 Å². The molecule has 0 radical (unpaired) electrons. The van der Waals surface area contributed by atoms with E-state index in [2.05, 4.69) is 9.98 Å². The first-order chi connectivity index (χ1) is 12.6. The number of hydrogen-bond acceptors (Lipinski definition) is 4. The number of fused-ring (bicyclic) bond motifs is 1. The summed E-state index contributed by atoms with van der Waals surface area (Å²) in [7, 11) is 1.63. The average molecular weight is 350 g/mol. The van der Waals surface area contributed by atoms with Gasteiger partial charge < -0.3 is 9.64 Å². The van der Waals surface area contributed by atoms with Crippen LogP contribution in [0.3, 0.4) is 0 Å². The van der Waals surface area contributed by atoms with Gasteiger partial charge in [-0.3, -0.25) is 4.57 Å². The van der Waals surface area contributed by atoms with Crippen LogP contribution in [0, 0.1) is 13.8 Å². The summed E-state index contributed by atoms with van der Waals surface area (Å²) in [6.07, 6.45) is 2.25.